The minimum Gasteiger partial charge on any atom is -0.294 e. The molecule has 3 aromatic rings. The Kier molecular flexibility index (Phi) is 2.58. The van der Waals surface area contributed by atoms with E-state index in [-0.39, 0.29) is 0 Å². The van der Waals surface area contributed by atoms with Crippen LogP contribution in [-0.2, 0) is 0 Å². The first-order chi connectivity index (χ1) is 8.25. The van der Waals surface area contributed by atoms with E-state index in [1.807, 2.05) is 12.1 Å². The molecule has 4 heteroatoms. The number of aromatic nitrogens is 3. The fourth-order valence-corrected chi connectivity index (χ4v) is 2.65. The molecule has 0 N–H and O–H groups in total. The van der Waals surface area contributed by atoms with Gasteiger partial charge in [0, 0.05) is 24.2 Å². The maximum absolute atomic E-state index is 4.67. The van der Waals surface area contributed by atoms with Crippen LogP contribution in [0.1, 0.15) is 5.56 Å². The quantitative estimate of drug-likeness (QED) is 0.639. The van der Waals surface area contributed by atoms with E-state index in [1.165, 1.54) is 5.56 Å². The van der Waals surface area contributed by atoms with Crippen molar-refractivity contribution in [2.45, 2.75) is 6.92 Å². The molecule has 0 aromatic carbocycles. The van der Waals surface area contributed by atoms with E-state index in [9.17, 15) is 0 Å². The highest BCUT2D eigenvalue weighted by Crippen LogP contribution is 2.25. The maximum Gasteiger partial charge on any atom is 0.138 e. The van der Waals surface area contributed by atoms with Crippen molar-refractivity contribution in [2.75, 3.05) is 0 Å². The van der Waals surface area contributed by atoms with Crippen molar-refractivity contribution in [2.24, 2.45) is 0 Å². The van der Waals surface area contributed by atoms with Crippen molar-refractivity contribution in [3.63, 3.8) is 0 Å². The van der Waals surface area contributed by atoms with Gasteiger partial charge in [0.1, 0.15) is 15.0 Å². The van der Waals surface area contributed by atoms with Crippen LogP contribution in [0.25, 0.3) is 16.9 Å². The minimum atomic E-state index is 0.987. The second-order valence-electron chi connectivity index (χ2n) is 3.92. The number of aryl methyl sites for hydroxylation is 1. The second-order valence-corrected chi connectivity index (χ2v) is 4.94. The predicted molar refractivity (Wildman–Crippen MR) is 75.9 cm³/mol. The summed E-state index contributed by atoms with van der Waals surface area (Å²) < 4.78 is 3.23. The average molecular weight is 335 g/mol. The molecule has 0 atom stereocenters. The summed E-state index contributed by atoms with van der Waals surface area (Å²) in [6.07, 6.45) is 5.64. The van der Waals surface area contributed by atoms with E-state index < -0.39 is 0 Å². The lowest BCUT2D eigenvalue weighted by molar-refractivity contribution is 1.14. The molecule has 0 saturated heterocycles. The molecule has 3 nitrogen and oxygen atoms in total. The maximum atomic E-state index is 4.67. The van der Waals surface area contributed by atoms with Crippen LogP contribution in [0.5, 0.6) is 0 Å². The molecule has 0 spiro atoms. The van der Waals surface area contributed by atoms with Gasteiger partial charge in [-0.3, -0.25) is 9.38 Å². The van der Waals surface area contributed by atoms with Crippen LogP contribution in [0.2, 0.25) is 0 Å². The summed E-state index contributed by atoms with van der Waals surface area (Å²) in [7, 11) is 0. The average Bonchev–Trinajstić information content (AvgIpc) is 2.67. The number of hydrogen-bond donors (Lipinski definition) is 0. The number of pyridine rings is 2. The third-order valence-electron chi connectivity index (χ3n) is 2.68. The first kappa shape index (κ1) is 10.7. The number of hydrogen-bond acceptors (Lipinski definition) is 2. The van der Waals surface area contributed by atoms with Gasteiger partial charge in [-0.2, -0.15) is 0 Å². The Morgan fingerprint density at radius 3 is 2.71 bits per heavy atom. The van der Waals surface area contributed by atoms with E-state index >= 15 is 0 Å². The first-order valence-electron chi connectivity index (χ1n) is 5.30. The fourth-order valence-electron chi connectivity index (χ4n) is 1.81. The van der Waals surface area contributed by atoms with E-state index in [1.54, 1.807) is 12.4 Å². The smallest absolute Gasteiger partial charge is 0.138 e. The molecule has 84 valence electrons. The summed E-state index contributed by atoms with van der Waals surface area (Å²) in [4.78, 5) is 8.70. The Morgan fingerprint density at radius 2 is 1.94 bits per heavy atom. The second kappa shape index (κ2) is 4.10. The summed E-state index contributed by atoms with van der Waals surface area (Å²) >= 11 is 2.33. The number of nitrogens with zero attached hydrogens (tertiary/aromatic N) is 3. The molecule has 0 amide bonds. The molecule has 3 heterocycles. The fraction of sp³-hybridized carbons (Fsp3) is 0.0769. The van der Waals surface area contributed by atoms with Crippen molar-refractivity contribution in [3.05, 3.63) is 52.1 Å². The van der Waals surface area contributed by atoms with E-state index in [4.69, 9.17) is 0 Å². The summed E-state index contributed by atoms with van der Waals surface area (Å²) in [6.45, 7) is 2.08. The lowest BCUT2D eigenvalue weighted by Gasteiger charge is -1.97. The zero-order chi connectivity index (χ0) is 11.8. The molecular weight excluding hydrogens is 325 g/mol. The zero-order valence-corrected chi connectivity index (χ0v) is 11.4. The van der Waals surface area contributed by atoms with Crippen LogP contribution in [0, 0.1) is 10.6 Å². The summed E-state index contributed by atoms with van der Waals surface area (Å²) in [6, 6.07) is 8.15. The van der Waals surface area contributed by atoms with Gasteiger partial charge in [0.2, 0.25) is 0 Å². The van der Waals surface area contributed by atoms with Crippen LogP contribution in [0.15, 0.2) is 42.9 Å². The highest BCUT2D eigenvalue weighted by Gasteiger charge is 2.10. The van der Waals surface area contributed by atoms with Crippen molar-refractivity contribution < 1.29 is 0 Å². The van der Waals surface area contributed by atoms with Crippen molar-refractivity contribution in [1.82, 2.24) is 14.4 Å². The Labute approximate surface area is 113 Å². The highest BCUT2D eigenvalue weighted by molar-refractivity contribution is 14.1. The van der Waals surface area contributed by atoms with E-state index in [2.05, 4.69) is 62.2 Å². The normalized spacial score (nSPS) is 10.9. The summed E-state index contributed by atoms with van der Waals surface area (Å²) in [5, 5.41) is 0. The summed E-state index contributed by atoms with van der Waals surface area (Å²) in [5.41, 5.74) is 4.32. The van der Waals surface area contributed by atoms with Crippen molar-refractivity contribution in [1.29, 1.82) is 0 Å². The van der Waals surface area contributed by atoms with Gasteiger partial charge in [0.05, 0.1) is 0 Å². The van der Waals surface area contributed by atoms with Gasteiger partial charge in [0.15, 0.2) is 0 Å². The van der Waals surface area contributed by atoms with Gasteiger partial charge < -0.3 is 0 Å². The van der Waals surface area contributed by atoms with Gasteiger partial charge in [-0.05, 0) is 59.3 Å². The van der Waals surface area contributed by atoms with Crippen LogP contribution < -0.4 is 0 Å². The molecule has 0 fully saturated rings. The Balaban J connectivity index is 2.28. The van der Waals surface area contributed by atoms with Gasteiger partial charge >= 0.3 is 0 Å². The van der Waals surface area contributed by atoms with Gasteiger partial charge in [-0.1, -0.05) is 0 Å². The Hall–Kier alpha value is -1.43. The van der Waals surface area contributed by atoms with E-state index in [0.29, 0.717) is 0 Å². The highest BCUT2D eigenvalue weighted by atomic mass is 127. The molecule has 0 radical (unpaired) electrons. The largest absolute Gasteiger partial charge is 0.294 e. The van der Waals surface area contributed by atoms with Crippen LogP contribution in [0.4, 0.5) is 0 Å². The summed E-state index contributed by atoms with van der Waals surface area (Å²) in [5.74, 6) is 0. The standard InChI is InChI=1S/C13H10IN3/c1-9-4-7-17-11(8-9)16-12(13(17)14)10-2-5-15-6-3-10/h2-8H,1H3. The molecule has 0 aliphatic rings. The molecule has 3 rings (SSSR count). The lowest BCUT2D eigenvalue weighted by Crippen LogP contribution is -1.87. The van der Waals surface area contributed by atoms with Crippen LogP contribution in [0.3, 0.4) is 0 Å². The minimum absolute atomic E-state index is 0.987. The molecule has 0 aliphatic heterocycles. The number of rotatable bonds is 1. The molecular formula is C13H10IN3. The Morgan fingerprint density at radius 1 is 1.18 bits per heavy atom. The predicted octanol–water partition coefficient (Wildman–Crippen LogP) is 3.31. The third-order valence-corrected chi connectivity index (χ3v) is 3.71. The number of fused-ring (bicyclic) bond motifs is 1. The van der Waals surface area contributed by atoms with Crippen molar-refractivity contribution in [3.8, 4) is 11.3 Å². The monoisotopic (exact) mass is 335 g/mol. The molecule has 0 bridgehead atoms. The van der Waals surface area contributed by atoms with Crippen LogP contribution in [-0.4, -0.2) is 14.4 Å². The molecule has 0 unspecified atom stereocenters. The lowest BCUT2D eigenvalue weighted by atomic mass is 10.2. The molecule has 3 aromatic heterocycles. The molecule has 0 aliphatic carbocycles. The zero-order valence-electron chi connectivity index (χ0n) is 9.26. The SMILES string of the molecule is Cc1ccn2c(I)c(-c3ccncc3)nc2c1. The van der Waals surface area contributed by atoms with Crippen LogP contribution >= 0.6 is 22.6 Å². The number of halogens is 1. The van der Waals surface area contributed by atoms with E-state index in [0.717, 1.165) is 20.6 Å². The topological polar surface area (TPSA) is 30.2 Å². The first-order valence-corrected chi connectivity index (χ1v) is 6.38. The van der Waals surface area contributed by atoms with Gasteiger partial charge in [0.25, 0.3) is 0 Å². The van der Waals surface area contributed by atoms with Gasteiger partial charge in [-0.25, -0.2) is 4.98 Å². The third kappa shape index (κ3) is 1.82. The number of imidazole rings is 1. The molecule has 0 saturated carbocycles. The Bertz CT molecular complexity index is 674. The molecule has 17 heavy (non-hydrogen) atoms. The van der Waals surface area contributed by atoms with Crippen molar-refractivity contribution >= 4 is 28.2 Å². The van der Waals surface area contributed by atoms with Gasteiger partial charge in [-0.15, -0.1) is 0 Å².